The summed E-state index contributed by atoms with van der Waals surface area (Å²) in [6.45, 7) is 0.200. The molecule has 0 bridgehead atoms. The number of fused-ring (bicyclic) bond motifs is 1. The van der Waals surface area contributed by atoms with Gasteiger partial charge in [0, 0.05) is 0 Å². The van der Waals surface area contributed by atoms with Crippen LogP contribution in [-0.2, 0) is 11.4 Å². The number of nitrogens with one attached hydrogen (secondary N) is 1. The van der Waals surface area contributed by atoms with Crippen LogP contribution in [0.3, 0.4) is 0 Å². The van der Waals surface area contributed by atoms with E-state index in [4.69, 9.17) is 14.3 Å². The summed E-state index contributed by atoms with van der Waals surface area (Å²) >= 11 is 0. The van der Waals surface area contributed by atoms with Gasteiger partial charge in [-0.2, -0.15) is 0 Å². The van der Waals surface area contributed by atoms with Crippen LogP contribution in [0.25, 0.3) is 10.8 Å². The lowest BCUT2D eigenvalue weighted by Crippen LogP contribution is -2.54. The van der Waals surface area contributed by atoms with E-state index in [-0.39, 0.29) is 18.8 Å². The topological polar surface area (TPSA) is 88.8 Å². The molecule has 2 N–H and O–H groups in total. The first-order chi connectivity index (χ1) is 13.5. The summed E-state index contributed by atoms with van der Waals surface area (Å²) in [6.07, 6.45) is 2.18. The van der Waals surface area contributed by atoms with Gasteiger partial charge < -0.3 is 19.6 Å². The first-order valence-electron chi connectivity index (χ1n) is 9.28. The zero-order valence-corrected chi connectivity index (χ0v) is 15.3. The summed E-state index contributed by atoms with van der Waals surface area (Å²) in [7, 11) is 0. The molecule has 2 aromatic carbocycles. The number of aliphatic carboxylic acids is 1. The molecule has 0 atom stereocenters. The summed E-state index contributed by atoms with van der Waals surface area (Å²) in [5.41, 5.74) is -0.655. The van der Waals surface area contributed by atoms with E-state index in [1.807, 2.05) is 42.5 Å². The van der Waals surface area contributed by atoms with Gasteiger partial charge in [0.05, 0.1) is 12.0 Å². The zero-order chi connectivity index (χ0) is 19.6. The van der Waals surface area contributed by atoms with Crippen molar-refractivity contribution in [2.24, 2.45) is 0 Å². The van der Waals surface area contributed by atoms with Crippen molar-refractivity contribution in [3.8, 4) is 5.75 Å². The molecule has 1 aromatic heterocycles. The molecule has 144 valence electrons. The van der Waals surface area contributed by atoms with Gasteiger partial charge in [-0.05, 0) is 54.3 Å². The molecular weight excluding hydrogens is 358 g/mol. The van der Waals surface area contributed by atoms with Crippen molar-refractivity contribution in [3.63, 3.8) is 0 Å². The fraction of sp³-hybridized carbons (Fsp3) is 0.273. The minimum absolute atomic E-state index is 0.0720. The van der Waals surface area contributed by atoms with Gasteiger partial charge >= 0.3 is 5.97 Å². The summed E-state index contributed by atoms with van der Waals surface area (Å²) in [5.74, 6) is 0.103. The Hall–Kier alpha value is -3.28. The second-order valence-electron chi connectivity index (χ2n) is 7.22. The van der Waals surface area contributed by atoms with Crippen LogP contribution in [-0.4, -0.2) is 22.5 Å². The van der Waals surface area contributed by atoms with Crippen molar-refractivity contribution in [2.45, 2.75) is 37.8 Å². The van der Waals surface area contributed by atoms with Gasteiger partial charge in [-0.15, -0.1) is 0 Å². The Kier molecular flexibility index (Phi) is 4.77. The van der Waals surface area contributed by atoms with Gasteiger partial charge in [0.15, 0.2) is 5.76 Å². The van der Waals surface area contributed by atoms with Crippen molar-refractivity contribution in [2.75, 3.05) is 0 Å². The Balaban J connectivity index is 1.38. The van der Waals surface area contributed by atoms with Gasteiger partial charge in [-0.1, -0.05) is 30.3 Å². The molecule has 0 unspecified atom stereocenters. The standard InChI is InChI=1S/C22H21NO5/c24-20(25)13-22(10-3-11-22)23-21(26)19-9-8-18(28-19)14-27-17-7-6-15-4-1-2-5-16(15)12-17/h1-2,4-9,12H,3,10-11,13-14H2,(H,23,26)(H,24,25). The van der Waals surface area contributed by atoms with Crippen LogP contribution in [0.5, 0.6) is 5.75 Å². The largest absolute Gasteiger partial charge is 0.486 e. The second kappa shape index (κ2) is 7.38. The molecule has 1 saturated carbocycles. The Morgan fingerprint density at radius 3 is 2.57 bits per heavy atom. The lowest BCUT2D eigenvalue weighted by Gasteiger charge is -2.41. The van der Waals surface area contributed by atoms with E-state index in [1.54, 1.807) is 12.1 Å². The highest BCUT2D eigenvalue weighted by atomic mass is 16.5. The highest BCUT2D eigenvalue weighted by Gasteiger charge is 2.40. The van der Waals surface area contributed by atoms with Gasteiger partial charge in [0.2, 0.25) is 0 Å². The smallest absolute Gasteiger partial charge is 0.305 e. The maximum atomic E-state index is 12.4. The highest BCUT2D eigenvalue weighted by Crippen LogP contribution is 2.35. The lowest BCUT2D eigenvalue weighted by molar-refractivity contribution is -0.139. The van der Waals surface area contributed by atoms with E-state index >= 15 is 0 Å². The molecule has 1 aliphatic carbocycles. The van der Waals surface area contributed by atoms with Gasteiger partial charge in [-0.25, -0.2) is 0 Å². The quantitative estimate of drug-likeness (QED) is 0.644. The molecule has 3 aromatic rings. The number of carbonyl (C=O) groups is 2. The number of carboxylic acids is 1. The Morgan fingerprint density at radius 2 is 1.86 bits per heavy atom. The predicted molar refractivity (Wildman–Crippen MR) is 103 cm³/mol. The molecule has 28 heavy (non-hydrogen) atoms. The number of amides is 1. The van der Waals surface area contributed by atoms with E-state index in [1.165, 1.54) is 0 Å². The third-order valence-electron chi connectivity index (χ3n) is 5.17. The van der Waals surface area contributed by atoms with Crippen LogP contribution in [0, 0.1) is 0 Å². The summed E-state index contributed by atoms with van der Waals surface area (Å²) in [6, 6.07) is 17.1. The van der Waals surface area contributed by atoms with Gasteiger partial charge in [0.25, 0.3) is 5.91 Å². The molecular formula is C22H21NO5. The molecule has 1 amide bonds. The van der Waals surface area contributed by atoms with Crippen LogP contribution in [0.4, 0.5) is 0 Å². The fourth-order valence-corrected chi connectivity index (χ4v) is 3.53. The third-order valence-corrected chi connectivity index (χ3v) is 5.17. The molecule has 0 aliphatic heterocycles. The molecule has 1 aliphatic rings. The van der Waals surface area contributed by atoms with Crippen LogP contribution in [0.15, 0.2) is 59.0 Å². The number of furan rings is 1. The minimum Gasteiger partial charge on any atom is -0.486 e. The van der Waals surface area contributed by atoms with Crippen molar-refractivity contribution in [3.05, 3.63) is 66.1 Å². The molecule has 1 heterocycles. The SMILES string of the molecule is O=C(O)CC1(NC(=O)c2ccc(COc3ccc4ccccc4c3)o2)CCC1. The monoisotopic (exact) mass is 379 g/mol. The second-order valence-corrected chi connectivity index (χ2v) is 7.22. The van der Waals surface area contributed by atoms with E-state index in [9.17, 15) is 9.59 Å². The van der Waals surface area contributed by atoms with Crippen LogP contribution in [0.1, 0.15) is 42.0 Å². The van der Waals surface area contributed by atoms with Crippen molar-refractivity contribution in [1.82, 2.24) is 5.32 Å². The first-order valence-corrected chi connectivity index (χ1v) is 9.28. The molecule has 0 spiro atoms. The van der Waals surface area contributed by atoms with Gasteiger partial charge in [0.1, 0.15) is 18.1 Å². The lowest BCUT2D eigenvalue weighted by atomic mass is 9.74. The molecule has 6 nitrogen and oxygen atoms in total. The zero-order valence-electron chi connectivity index (χ0n) is 15.3. The molecule has 0 radical (unpaired) electrons. The van der Waals surface area contributed by atoms with Crippen LogP contribution in [0.2, 0.25) is 0 Å². The fourth-order valence-electron chi connectivity index (χ4n) is 3.53. The third kappa shape index (κ3) is 3.86. The molecule has 0 saturated heterocycles. The van der Waals surface area contributed by atoms with Gasteiger partial charge in [-0.3, -0.25) is 9.59 Å². The molecule has 1 fully saturated rings. The van der Waals surface area contributed by atoms with E-state index in [2.05, 4.69) is 5.32 Å². The summed E-state index contributed by atoms with van der Waals surface area (Å²) in [5, 5.41) is 14.1. The average Bonchev–Trinajstić information content (AvgIpc) is 3.13. The maximum absolute atomic E-state index is 12.4. The average molecular weight is 379 g/mol. The summed E-state index contributed by atoms with van der Waals surface area (Å²) < 4.78 is 11.4. The van der Waals surface area contributed by atoms with Crippen LogP contribution < -0.4 is 10.1 Å². The molecule has 4 rings (SSSR count). The van der Waals surface area contributed by atoms with E-state index in [0.717, 1.165) is 22.9 Å². The Morgan fingerprint density at radius 1 is 1.07 bits per heavy atom. The summed E-state index contributed by atoms with van der Waals surface area (Å²) in [4.78, 5) is 23.5. The Labute approximate surface area is 162 Å². The highest BCUT2D eigenvalue weighted by molar-refractivity contribution is 5.92. The number of benzene rings is 2. The number of rotatable bonds is 7. The normalized spacial score (nSPS) is 15.0. The van der Waals surface area contributed by atoms with Crippen molar-refractivity contribution < 1.29 is 23.8 Å². The van der Waals surface area contributed by atoms with E-state index in [0.29, 0.717) is 18.6 Å². The Bertz CT molecular complexity index is 1020. The number of hydrogen-bond donors (Lipinski definition) is 2. The first kappa shape index (κ1) is 18.1. The van der Waals surface area contributed by atoms with Crippen molar-refractivity contribution in [1.29, 1.82) is 0 Å². The van der Waals surface area contributed by atoms with Crippen molar-refractivity contribution >= 4 is 22.6 Å². The number of hydrogen-bond acceptors (Lipinski definition) is 4. The molecule has 6 heteroatoms. The number of carboxylic acid groups (broad SMARTS) is 1. The predicted octanol–water partition coefficient (Wildman–Crippen LogP) is 4.14. The van der Waals surface area contributed by atoms with E-state index < -0.39 is 17.4 Å². The minimum atomic E-state index is -0.913. The maximum Gasteiger partial charge on any atom is 0.305 e. The number of carbonyl (C=O) groups excluding carboxylic acids is 1. The number of ether oxygens (including phenoxy) is 1. The van der Waals surface area contributed by atoms with Crippen LogP contribution >= 0.6 is 0 Å².